The maximum Gasteiger partial charge on any atom is 0.303 e. The minimum absolute atomic E-state index is 0.227. The molecule has 1 rings (SSSR count). The summed E-state index contributed by atoms with van der Waals surface area (Å²) in [6, 6.07) is 6.22. The summed E-state index contributed by atoms with van der Waals surface area (Å²) in [5.74, 6) is -0.736. The molecule has 0 atom stereocenters. The number of benzene rings is 1. The number of hydrogen-bond acceptors (Lipinski definition) is 2. The van der Waals surface area contributed by atoms with Crippen molar-refractivity contribution in [2.75, 3.05) is 6.54 Å². The molecular weight excluding hydrogens is 270 g/mol. The standard InChI is InChI=1S/C12H16BrNO2/c1-9-4-5-10(7-11(9)13)8-14-6-2-3-12(15)16/h4-5,7,14H,2-3,6,8H2,1H3,(H,15,16). The number of nitrogens with one attached hydrogen (secondary N) is 1. The first-order chi connectivity index (χ1) is 7.59. The molecule has 0 amide bonds. The highest BCUT2D eigenvalue weighted by Crippen LogP contribution is 2.17. The van der Waals surface area contributed by atoms with Gasteiger partial charge in [0, 0.05) is 17.4 Å². The van der Waals surface area contributed by atoms with Gasteiger partial charge in [-0.05, 0) is 37.1 Å². The van der Waals surface area contributed by atoms with Gasteiger partial charge in [-0.2, -0.15) is 0 Å². The number of carboxylic acid groups (broad SMARTS) is 1. The van der Waals surface area contributed by atoms with E-state index in [0.29, 0.717) is 6.42 Å². The molecule has 0 saturated carbocycles. The van der Waals surface area contributed by atoms with Gasteiger partial charge in [0.15, 0.2) is 0 Å². The third-order valence-corrected chi connectivity index (χ3v) is 3.16. The van der Waals surface area contributed by atoms with Crippen LogP contribution in [0.1, 0.15) is 24.0 Å². The second-order valence-electron chi connectivity index (χ2n) is 3.76. The molecule has 0 aromatic heterocycles. The quantitative estimate of drug-likeness (QED) is 0.790. The fourth-order valence-corrected chi connectivity index (χ4v) is 1.77. The molecule has 16 heavy (non-hydrogen) atoms. The van der Waals surface area contributed by atoms with Gasteiger partial charge in [0.2, 0.25) is 0 Å². The number of aryl methyl sites for hydroxylation is 1. The third-order valence-electron chi connectivity index (χ3n) is 2.31. The molecule has 0 saturated heterocycles. The van der Waals surface area contributed by atoms with Gasteiger partial charge in [-0.3, -0.25) is 4.79 Å². The Balaban J connectivity index is 2.27. The Bertz CT molecular complexity index is 366. The number of carbonyl (C=O) groups is 1. The first-order valence-corrected chi connectivity index (χ1v) is 6.06. The predicted octanol–water partition coefficient (Wildman–Crippen LogP) is 2.71. The summed E-state index contributed by atoms with van der Waals surface area (Å²) in [6.07, 6.45) is 0.896. The number of rotatable bonds is 6. The monoisotopic (exact) mass is 285 g/mol. The van der Waals surface area contributed by atoms with Gasteiger partial charge in [-0.15, -0.1) is 0 Å². The van der Waals surface area contributed by atoms with Crippen molar-refractivity contribution < 1.29 is 9.90 Å². The fourth-order valence-electron chi connectivity index (χ4n) is 1.34. The number of aliphatic carboxylic acids is 1. The van der Waals surface area contributed by atoms with E-state index in [-0.39, 0.29) is 6.42 Å². The van der Waals surface area contributed by atoms with Gasteiger partial charge in [0.1, 0.15) is 0 Å². The molecule has 0 unspecified atom stereocenters. The molecular formula is C12H16BrNO2. The Morgan fingerprint density at radius 1 is 1.50 bits per heavy atom. The Labute approximate surface area is 104 Å². The average Bonchev–Trinajstić information content (AvgIpc) is 2.22. The topological polar surface area (TPSA) is 49.3 Å². The van der Waals surface area contributed by atoms with E-state index in [2.05, 4.69) is 39.4 Å². The van der Waals surface area contributed by atoms with E-state index >= 15 is 0 Å². The van der Waals surface area contributed by atoms with E-state index in [1.165, 1.54) is 11.1 Å². The largest absolute Gasteiger partial charge is 0.481 e. The smallest absolute Gasteiger partial charge is 0.303 e. The zero-order valence-electron chi connectivity index (χ0n) is 9.29. The maximum atomic E-state index is 10.3. The normalized spacial score (nSPS) is 10.4. The van der Waals surface area contributed by atoms with Crippen LogP contribution in [0, 0.1) is 6.92 Å². The lowest BCUT2D eigenvalue weighted by atomic mass is 10.1. The zero-order chi connectivity index (χ0) is 12.0. The molecule has 0 bridgehead atoms. The van der Waals surface area contributed by atoms with Crippen LogP contribution < -0.4 is 5.32 Å². The highest BCUT2D eigenvalue weighted by atomic mass is 79.9. The molecule has 0 aliphatic rings. The molecule has 0 fully saturated rings. The van der Waals surface area contributed by atoms with Crippen LogP contribution >= 0.6 is 15.9 Å². The van der Waals surface area contributed by atoms with E-state index in [1.807, 2.05) is 6.92 Å². The van der Waals surface area contributed by atoms with Gasteiger partial charge in [-0.1, -0.05) is 28.1 Å². The Hall–Kier alpha value is -0.870. The van der Waals surface area contributed by atoms with Crippen molar-refractivity contribution in [1.82, 2.24) is 5.32 Å². The molecule has 1 aromatic carbocycles. The van der Waals surface area contributed by atoms with E-state index in [4.69, 9.17) is 5.11 Å². The summed E-state index contributed by atoms with van der Waals surface area (Å²) >= 11 is 3.48. The molecule has 0 aliphatic heterocycles. The molecule has 1 aromatic rings. The Kier molecular flexibility index (Phi) is 5.49. The van der Waals surface area contributed by atoms with E-state index in [1.54, 1.807) is 0 Å². The second-order valence-corrected chi connectivity index (χ2v) is 4.61. The van der Waals surface area contributed by atoms with Crippen LogP contribution in [0.5, 0.6) is 0 Å². The van der Waals surface area contributed by atoms with Crippen LogP contribution in [0.4, 0.5) is 0 Å². The molecule has 0 heterocycles. The van der Waals surface area contributed by atoms with E-state index in [9.17, 15) is 4.79 Å². The molecule has 0 radical (unpaired) electrons. The van der Waals surface area contributed by atoms with Crippen molar-refractivity contribution in [2.45, 2.75) is 26.3 Å². The van der Waals surface area contributed by atoms with Gasteiger partial charge in [0.25, 0.3) is 0 Å². The second kappa shape index (κ2) is 6.66. The lowest BCUT2D eigenvalue weighted by Crippen LogP contribution is -2.15. The van der Waals surface area contributed by atoms with Crippen LogP contribution in [0.15, 0.2) is 22.7 Å². The summed E-state index contributed by atoms with van der Waals surface area (Å²) in [5, 5.41) is 11.7. The summed E-state index contributed by atoms with van der Waals surface area (Å²) in [5.41, 5.74) is 2.42. The Morgan fingerprint density at radius 2 is 2.25 bits per heavy atom. The molecule has 88 valence electrons. The molecule has 0 aliphatic carbocycles. The van der Waals surface area contributed by atoms with Gasteiger partial charge in [-0.25, -0.2) is 0 Å². The number of hydrogen-bond donors (Lipinski definition) is 2. The fraction of sp³-hybridized carbons (Fsp3) is 0.417. The minimum Gasteiger partial charge on any atom is -0.481 e. The molecule has 2 N–H and O–H groups in total. The maximum absolute atomic E-state index is 10.3. The number of carboxylic acids is 1. The van der Waals surface area contributed by atoms with Crippen LogP contribution in [0.2, 0.25) is 0 Å². The molecule has 0 spiro atoms. The van der Waals surface area contributed by atoms with Crippen molar-refractivity contribution in [2.24, 2.45) is 0 Å². The van der Waals surface area contributed by atoms with Gasteiger partial charge >= 0.3 is 5.97 Å². The number of halogens is 1. The predicted molar refractivity (Wildman–Crippen MR) is 67.5 cm³/mol. The molecule has 4 heteroatoms. The van der Waals surface area contributed by atoms with Crippen LogP contribution in [-0.4, -0.2) is 17.6 Å². The highest BCUT2D eigenvalue weighted by molar-refractivity contribution is 9.10. The van der Waals surface area contributed by atoms with Crippen molar-refractivity contribution in [1.29, 1.82) is 0 Å². The average molecular weight is 286 g/mol. The summed E-state index contributed by atoms with van der Waals surface area (Å²) in [4.78, 5) is 10.3. The SMILES string of the molecule is Cc1ccc(CNCCCC(=O)O)cc1Br. The highest BCUT2D eigenvalue weighted by Gasteiger charge is 1.98. The Morgan fingerprint density at radius 3 is 2.88 bits per heavy atom. The van der Waals surface area contributed by atoms with E-state index < -0.39 is 5.97 Å². The van der Waals surface area contributed by atoms with Crippen molar-refractivity contribution in [3.05, 3.63) is 33.8 Å². The zero-order valence-corrected chi connectivity index (χ0v) is 10.9. The third kappa shape index (κ3) is 4.77. The van der Waals surface area contributed by atoms with E-state index in [0.717, 1.165) is 17.6 Å². The van der Waals surface area contributed by atoms with Gasteiger partial charge < -0.3 is 10.4 Å². The molecule has 3 nitrogen and oxygen atoms in total. The van der Waals surface area contributed by atoms with Crippen LogP contribution in [-0.2, 0) is 11.3 Å². The summed E-state index contributed by atoms with van der Waals surface area (Å²) < 4.78 is 1.11. The van der Waals surface area contributed by atoms with Crippen molar-refractivity contribution in [3.63, 3.8) is 0 Å². The lowest BCUT2D eigenvalue weighted by molar-refractivity contribution is -0.137. The summed E-state index contributed by atoms with van der Waals surface area (Å²) in [6.45, 7) is 3.56. The van der Waals surface area contributed by atoms with Crippen molar-refractivity contribution in [3.8, 4) is 0 Å². The van der Waals surface area contributed by atoms with Crippen molar-refractivity contribution >= 4 is 21.9 Å². The van der Waals surface area contributed by atoms with Gasteiger partial charge in [0.05, 0.1) is 0 Å². The first kappa shape index (κ1) is 13.2. The van der Waals surface area contributed by atoms with Crippen LogP contribution in [0.3, 0.4) is 0 Å². The minimum atomic E-state index is -0.736. The van der Waals surface area contributed by atoms with Crippen LogP contribution in [0.25, 0.3) is 0 Å². The first-order valence-electron chi connectivity index (χ1n) is 5.27. The lowest BCUT2D eigenvalue weighted by Gasteiger charge is -2.05. The summed E-state index contributed by atoms with van der Waals surface area (Å²) in [7, 11) is 0.